The van der Waals surface area contributed by atoms with Crippen molar-refractivity contribution in [3.8, 4) is 0 Å². The molecule has 1 heterocycles. The summed E-state index contributed by atoms with van der Waals surface area (Å²) in [5.41, 5.74) is 5.10. The summed E-state index contributed by atoms with van der Waals surface area (Å²) in [6, 6.07) is 6.07. The van der Waals surface area contributed by atoms with Crippen molar-refractivity contribution in [2.24, 2.45) is 0 Å². The van der Waals surface area contributed by atoms with Crippen molar-refractivity contribution >= 4 is 5.57 Å². The molecule has 0 amide bonds. The molecule has 0 unspecified atom stereocenters. The van der Waals surface area contributed by atoms with E-state index >= 15 is 0 Å². The smallest absolute Gasteiger partial charge is 0.0701 e. The molecule has 0 atom stereocenters. The molecule has 0 aromatic carbocycles. The summed E-state index contributed by atoms with van der Waals surface area (Å²) < 4.78 is 0. The van der Waals surface area contributed by atoms with E-state index in [-0.39, 0.29) is 0 Å². The largest absolute Gasteiger partial charge is 0.256 e. The van der Waals surface area contributed by atoms with Crippen LogP contribution < -0.4 is 0 Å². The van der Waals surface area contributed by atoms with Gasteiger partial charge in [-0.15, -0.1) is 0 Å². The first-order valence-corrected chi connectivity index (χ1v) is 5.73. The Kier molecular flexibility index (Phi) is 3.35. The van der Waals surface area contributed by atoms with E-state index in [2.05, 4.69) is 43.1 Å². The molecule has 2 rings (SSSR count). The molecule has 1 aromatic rings. The Morgan fingerprint density at radius 1 is 1.12 bits per heavy atom. The van der Waals surface area contributed by atoms with Crippen LogP contribution in [0.2, 0.25) is 0 Å². The summed E-state index contributed by atoms with van der Waals surface area (Å²) in [4.78, 5) is 4.42. The Morgan fingerprint density at radius 2 is 2.00 bits per heavy atom. The van der Waals surface area contributed by atoms with Crippen molar-refractivity contribution < 1.29 is 0 Å². The van der Waals surface area contributed by atoms with Gasteiger partial charge in [0.1, 0.15) is 0 Å². The molecule has 0 fully saturated rings. The third-order valence-corrected chi connectivity index (χ3v) is 2.90. The minimum Gasteiger partial charge on any atom is -0.256 e. The molecule has 0 spiro atoms. The highest BCUT2D eigenvalue weighted by Gasteiger charge is 2.05. The molecule has 0 saturated carbocycles. The predicted molar refractivity (Wildman–Crippen MR) is 69.0 cm³/mol. The van der Waals surface area contributed by atoms with Crippen LogP contribution in [0.3, 0.4) is 0 Å². The van der Waals surface area contributed by atoms with Gasteiger partial charge in [-0.2, -0.15) is 0 Å². The summed E-state index contributed by atoms with van der Waals surface area (Å²) in [6.07, 6.45) is 10.7. The minimum absolute atomic E-state index is 1.07. The van der Waals surface area contributed by atoms with Gasteiger partial charge in [0, 0.05) is 6.20 Å². The SMILES string of the molecule is CC1=C(c2ccccn2)/C=C\C(C)=C/CC1. The Morgan fingerprint density at radius 3 is 2.75 bits per heavy atom. The molecule has 0 radical (unpaired) electrons. The molecule has 0 aliphatic heterocycles. The lowest BCUT2D eigenvalue weighted by Gasteiger charge is -2.10. The third-order valence-electron chi connectivity index (χ3n) is 2.90. The van der Waals surface area contributed by atoms with Gasteiger partial charge in [0.05, 0.1) is 5.69 Å². The Hall–Kier alpha value is -1.63. The molecule has 1 aromatic heterocycles. The first kappa shape index (κ1) is 10.9. The number of pyridine rings is 1. The summed E-state index contributed by atoms with van der Waals surface area (Å²) in [7, 11) is 0. The second-order valence-electron chi connectivity index (χ2n) is 4.23. The maximum atomic E-state index is 4.42. The molecular weight excluding hydrogens is 194 g/mol. The molecule has 1 aliphatic carbocycles. The van der Waals surface area contributed by atoms with Crippen LogP contribution in [-0.4, -0.2) is 4.98 Å². The van der Waals surface area contributed by atoms with E-state index in [9.17, 15) is 0 Å². The topological polar surface area (TPSA) is 12.9 Å². The monoisotopic (exact) mass is 211 g/mol. The maximum Gasteiger partial charge on any atom is 0.0701 e. The van der Waals surface area contributed by atoms with Crippen LogP contribution >= 0.6 is 0 Å². The second-order valence-corrected chi connectivity index (χ2v) is 4.23. The van der Waals surface area contributed by atoms with E-state index in [4.69, 9.17) is 0 Å². The zero-order valence-electron chi connectivity index (χ0n) is 9.90. The number of aromatic nitrogens is 1. The van der Waals surface area contributed by atoms with Gasteiger partial charge in [0.2, 0.25) is 0 Å². The van der Waals surface area contributed by atoms with Gasteiger partial charge in [0.25, 0.3) is 0 Å². The number of allylic oxidation sites excluding steroid dienone is 6. The van der Waals surface area contributed by atoms with Crippen LogP contribution in [0, 0.1) is 0 Å². The van der Waals surface area contributed by atoms with Crippen LogP contribution in [0.15, 0.2) is 53.8 Å². The molecular formula is C15H17N. The fourth-order valence-electron chi connectivity index (χ4n) is 1.90. The Balaban J connectivity index is 2.41. The van der Waals surface area contributed by atoms with Crippen LogP contribution in [0.25, 0.3) is 5.57 Å². The molecule has 0 N–H and O–H groups in total. The van der Waals surface area contributed by atoms with E-state index in [1.807, 2.05) is 18.3 Å². The van der Waals surface area contributed by atoms with E-state index < -0.39 is 0 Å². The summed E-state index contributed by atoms with van der Waals surface area (Å²) >= 11 is 0. The van der Waals surface area contributed by atoms with Crippen LogP contribution in [0.1, 0.15) is 32.4 Å². The standard InChI is InChI=1S/C15H17N/c1-12-6-5-7-13(2)14(10-9-12)15-8-3-4-11-16-15/h3-4,6,8-11H,5,7H2,1-2H3/b10-9-,12-6-,14-13?. The van der Waals surface area contributed by atoms with Crippen molar-refractivity contribution in [2.75, 3.05) is 0 Å². The van der Waals surface area contributed by atoms with Crippen LogP contribution in [-0.2, 0) is 0 Å². The molecule has 1 aliphatic rings. The summed E-state index contributed by atoms with van der Waals surface area (Å²) in [6.45, 7) is 4.34. The average molecular weight is 211 g/mol. The summed E-state index contributed by atoms with van der Waals surface area (Å²) in [5.74, 6) is 0. The average Bonchev–Trinajstić information content (AvgIpc) is 2.28. The lowest BCUT2D eigenvalue weighted by Crippen LogP contribution is -1.92. The first-order valence-electron chi connectivity index (χ1n) is 5.73. The zero-order chi connectivity index (χ0) is 11.4. The molecule has 82 valence electrons. The van der Waals surface area contributed by atoms with Crippen molar-refractivity contribution in [3.05, 3.63) is 59.5 Å². The number of hydrogen-bond acceptors (Lipinski definition) is 1. The fourth-order valence-corrected chi connectivity index (χ4v) is 1.90. The van der Waals surface area contributed by atoms with Gasteiger partial charge in [0.15, 0.2) is 0 Å². The van der Waals surface area contributed by atoms with Crippen LogP contribution in [0.4, 0.5) is 0 Å². The molecule has 0 bridgehead atoms. The van der Waals surface area contributed by atoms with Gasteiger partial charge in [-0.05, 0) is 44.4 Å². The highest BCUT2D eigenvalue weighted by molar-refractivity contribution is 5.75. The van der Waals surface area contributed by atoms with E-state index in [0.29, 0.717) is 0 Å². The minimum atomic E-state index is 1.07. The number of hydrogen-bond donors (Lipinski definition) is 0. The van der Waals surface area contributed by atoms with E-state index in [1.54, 1.807) is 0 Å². The molecule has 16 heavy (non-hydrogen) atoms. The van der Waals surface area contributed by atoms with Gasteiger partial charge < -0.3 is 0 Å². The Labute approximate surface area is 97.2 Å². The zero-order valence-corrected chi connectivity index (χ0v) is 9.90. The van der Waals surface area contributed by atoms with Crippen molar-refractivity contribution in [1.82, 2.24) is 4.98 Å². The van der Waals surface area contributed by atoms with Gasteiger partial charge in [-0.1, -0.05) is 35.4 Å². The quantitative estimate of drug-likeness (QED) is 0.680. The van der Waals surface area contributed by atoms with Crippen molar-refractivity contribution in [3.63, 3.8) is 0 Å². The molecule has 0 saturated heterocycles. The highest BCUT2D eigenvalue weighted by Crippen LogP contribution is 2.24. The van der Waals surface area contributed by atoms with Crippen LogP contribution in [0.5, 0.6) is 0 Å². The fraction of sp³-hybridized carbons (Fsp3) is 0.267. The molecule has 1 heteroatoms. The second kappa shape index (κ2) is 4.93. The first-order chi connectivity index (χ1) is 7.77. The third kappa shape index (κ3) is 2.48. The Bertz CT molecular complexity index is 450. The van der Waals surface area contributed by atoms with E-state index in [1.165, 1.54) is 16.7 Å². The summed E-state index contributed by atoms with van der Waals surface area (Å²) in [5, 5.41) is 0. The normalized spacial score (nSPS) is 22.0. The maximum absolute atomic E-state index is 4.42. The molecule has 1 nitrogen and oxygen atoms in total. The van der Waals surface area contributed by atoms with Crippen molar-refractivity contribution in [1.29, 1.82) is 0 Å². The lowest BCUT2D eigenvalue weighted by atomic mass is 9.97. The number of rotatable bonds is 1. The number of nitrogens with zero attached hydrogens (tertiary/aromatic N) is 1. The lowest BCUT2D eigenvalue weighted by molar-refractivity contribution is 0.969. The van der Waals surface area contributed by atoms with E-state index in [0.717, 1.165) is 18.5 Å². The van der Waals surface area contributed by atoms with Gasteiger partial charge in [-0.25, -0.2) is 0 Å². The predicted octanol–water partition coefficient (Wildman–Crippen LogP) is 4.15. The van der Waals surface area contributed by atoms with Gasteiger partial charge in [-0.3, -0.25) is 4.98 Å². The highest BCUT2D eigenvalue weighted by atomic mass is 14.7. The van der Waals surface area contributed by atoms with Crippen molar-refractivity contribution in [2.45, 2.75) is 26.7 Å². The van der Waals surface area contributed by atoms with Gasteiger partial charge >= 0.3 is 0 Å².